The third kappa shape index (κ3) is 2.29. The lowest BCUT2D eigenvalue weighted by Crippen LogP contribution is -2.28. The largest absolute Gasteiger partial charge is 0.288 e. The van der Waals surface area contributed by atoms with Gasteiger partial charge in [-0.3, -0.25) is 10.3 Å². The number of ether oxygens (including phenoxy) is 1. The fourth-order valence-corrected chi connectivity index (χ4v) is 1.07. The Balaban J connectivity index is 2.41. The molecule has 0 radical (unpaired) electrons. The van der Waals surface area contributed by atoms with E-state index in [0.717, 1.165) is 6.10 Å². The smallest absolute Gasteiger partial charge is 0.240 e. The number of hydrogen-bond acceptors (Lipinski definition) is 3. The maximum atomic E-state index is 9.34. The highest BCUT2D eigenvalue weighted by molar-refractivity contribution is 5.12. The van der Waals surface area contributed by atoms with Crippen molar-refractivity contribution in [2.75, 3.05) is 7.11 Å². The lowest BCUT2D eigenvalue weighted by atomic mass is 10.1. The number of nitrogens with zero attached hydrogens (tertiary/aromatic N) is 1. The van der Waals surface area contributed by atoms with Gasteiger partial charge in [-0.1, -0.05) is 12.2 Å². The molecule has 1 heterocycles. The van der Waals surface area contributed by atoms with E-state index in [1.165, 1.54) is 5.06 Å². The van der Waals surface area contributed by atoms with Crippen molar-refractivity contribution >= 4 is 0 Å². The highest BCUT2D eigenvalue weighted by Gasteiger charge is 2.23. The monoisotopic (exact) mass is 168 g/mol. The number of methoxy groups -OCH3 is 1. The van der Waals surface area contributed by atoms with Crippen molar-refractivity contribution < 1.29 is 9.94 Å². The molecule has 1 N–H and O–H groups in total. The molecule has 0 aromatic carbocycles. The Bertz CT molecular complexity index is 189. The van der Waals surface area contributed by atoms with Crippen LogP contribution in [0.4, 0.5) is 0 Å². The van der Waals surface area contributed by atoms with Gasteiger partial charge in [-0.2, -0.15) is 4.74 Å². The summed E-state index contributed by atoms with van der Waals surface area (Å²) in [7, 11) is 1.64. The molecule has 0 aromatic heterocycles. The Kier molecular flexibility index (Phi) is 3.19. The summed E-state index contributed by atoms with van der Waals surface area (Å²) in [5.74, 6) is 0. The van der Waals surface area contributed by atoms with E-state index in [0.29, 0.717) is 6.42 Å². The van der Waals surface area contributed by atoms with Crippen LogP contribution in [0.15, 0.2) is 24.4 Å². The van der Waals surface area contributed by atoms with Crippen LogP contribution < -0.4 is 0 Å². The Hall–Kier alpha value is -0.930. The summed E-state index contributed by atoms with van der Waals surface area (Å²) in [6.07, 6.45) is 8.90. The average molecular weight is 168 g/mol. The van der Waals surface area contributed by atoms with Gasteiger partial charge in [-0.15, -0.1) is 0 Å². The van der Waals surface area contributed by atoms with Gasteiger partial charge in [0.15, 0.2) is 0 Å². The van der Waals surface area contributed by atoms with E-state index >= 15 is 0 Å². The third-order valence-electron chi connectivity index (χ3n) is 1.87. The molecule has 0 saturated carbocycles. The molecule has 0 amide bonds. The van der Waals surface area contributed by atoms with Crippen LogP contribution in [0.5, 0.6) is 0 Å². The summed E-state index contributed by atoms with van der Waals surface area (Å²) in [6.45, 7) is 1.90. The normalized spacial score (nSPS) is 21.6. The molecule has 0 spiro atoms. The van der Waals surface area contributed by atoms with E-state index in [2.05, 4.69) is 0 Å². The van der Waals surface area contributed by atoms with Gasteiger partial charge >= 0.3 is 0 Å². The molecule has 0 aromatic rings. The maximum absolute atomic E-state index is 9.34. The van der Waals surface area contributed by atoms with Gasteiger partial charge in [0, 0.05) is 6.20 Å². The van der Waals surface area contributed by atoms with Crippen molar-refractivity contribution in [3.8, 4) is 0 Å². The Morgan fingerprint density at radius 3 is 2.92 bits per heavy atom. The van der Waals surface area contributed by atoms with E-state index in [1.807, 2.05) is 19.1 Å². The third-order valence-corrected chi connectivity index (χ3v) is 1.87. The quantitative estimate of drug-likeness (QED) is 0.651. The van der Waals surface area contributed by atoms with Crippen molar-refractivity contribution in [3.63, 3.8) is 0 Å². The minimum absolute atomic E-state index is 0.00921. The van der Waals surface area contributed by atoms with Crippen molar-refractivity contribution in [2.24, 2.45) is 0 Å². The zero-order valence-corrected chi connectivity index (χ0v) is 7.40. The van der Waals surface area contributed by atoms with Crippen LogP contribution in [0, 0.1) is 6.10 Å². The van der Waals surface area contributed by atoms with Crippen LogP contribution in [-0.4, -0.2) is 23.4 Å². The summed E-state index contributed by atoms with van der Waals surface area (Å²) in [5.41, 5.74) is 0. The molecule has 1 aliphatic heterocycles. The highest BCUT2D eigenvalue weighted by atomic mass is 16.5. The molecule has 66 valence electrons. The van der Waals surface area contributed by atoms with E-state index in [4.69, 9.17) is 4.74 Å². The predicted molar refractivity (Wildman–Crippen MR) is 46.2 cm³/mol. The van der Waals surface area contributed by atoms with Gasteiger partial charge in [-0.25, -0.2) is 0 Å². The van der Waals surface area contributed by atoms with E-state index in [-0.39, 0.29) is 6.04 Å². The molecule has 1 rings (SSSR count). The van der Waals surface area contributed by atoms with Gasteiger partial charge in [0.1, 0.15) is 19.4 Å². The minimum atomic E-state index is 0.00921. The Morgan fingerprint density at radius 2 is 2.33 bits per heavy atom. The number of allylic oxidation sites excluding steroid dienone is 2. The average Bonchev–Trinajstić information content (AvgIpc) is 2.09. The summed E-state index contributed by atoms with van der Waals surface area (Å²) >= 11 is 0. The van der Waals surface area contributed by atoms with Gasteiger partial charge in [0.2, 0.25) is 6.10 Å². The molecule has 1 atom stereocenters. The fourth-order valence-electron chi connectivity index (χ4n) is 1.07. The molecule has 3 nitrogen and oxygen atoms in total. The number of hydroxylamine groups is 2. The highest BCUT2D eigenvalue weighted by Crippen LogP contribution is 2.16. The van der Waals surface area contributed by atoms with Gasteiger partial charge in [0.25, 0.3) is 0 Å². The van der Waals surface area contributed by atoms with Gasteiger partial charge in [0.05, 0.1) is 7.11 Å². The van der Waals surface area contributed by atoms with Crippen LogP contribution in [0.2, 0.25) is 0 Å². The second-order valence-corrected chi connectivity index (χ2v) is 2.78. The van der Waals surface area contributed by atoms with Crippen LogP contribution in [0.1, 0.15) is 13.3 Å². The lowest BCUT2D eigenvalue weighted by molar-refractivity contribution is -0.0707. The van der Waals surface area contributed by atoms with Crippen LogP contribution in [0.25, 0.3) is 0 Å². The topological polar surface area (TPSA) is 32.7 Å². The number of rotatable bonds is 3. The molecule has 1 aliphatic rings. The van der Waals surface area contributed by atoms with Gasteiger partial charge in [-0.05, 0) is 6.08 Å². The molecule has 12 heavy (non-hydrogen) atoms. The first-order chi connectivity index (χ1) is 5.74. The summed E-state index contributed by atoms with van der Waals surface area (Å²) in [4.78, 5) is 0. The SMILES string of the molecule is CO[C+](C)CC1C=CC=CN1O. The van der Waals surface area contributed by atoms with E-state index in [1.54, 1.807) is 19.4 Å². The van der Waals surface area contributed by atoms with Crippen molar-refractivity contribution in [1.82, 2.24) is 5.06 Å². The van der Waals surface area contributed by atoms with Gasteiger partial charge < -0.3 is 0 Å². The summed E-state index contributed by atoms with van der Waals surface area (Å²) in [5, 5.41) is 10.5. The summed E-state index contributed by atoms with van der Waals surface area (Å²) in [6, 6.07) is 0.00921. The minimum Gasteiger partial charge on any atom is -0.288 e. The first-order valence-electron chi connectivity index (χ1n) is 3.92. The zero-order chi connectivity index (χ0) is 8.97. The van der Waals surface area contributed by atoms with Crippen LogP contribution in [0.3, 0.4) is 0 Å². The molecule has 3 heteroatoms. The zero-order valence-electron chi connectivity index (χ0n) is 7.40. The van der Waals surface area contributed by atoms with Crippen LogP contribution >= 0.6 is 0 Å². The predicted octanol–water partition coefficient (Wildman–Crippen LogP) is 1.72. The first-order valence-corrected chi connectivity index (χ1v) is 3.92. The van der Waals surface area contributed by atoms with Crippen LogP contribution in [-0.2, 0) is 4.74 Å². The standard InChI is InChI=1S/C9H14NO2/c1-8(12-2)7-9-5-3-4-6-10(9)11/h3-6,9,11H,7H2,1-2H3/q+1. The second kappa shape index (κ2) is 4.18. The maximum Gasteiger partial charge on any atom is 0.240 e. The summed E-state index contributed by atoms with van der Waals surface area (Å²) < 4.78 is 5.02. The molecule has 0 fully saturated rings. The molecule has 1 unspecified atom stereocenters. The molecule has 0 saturated heterocycles. The molecular weight excluding hydrogens is 154 g/mol. The van der Waals surface area contributed by atoms with E-state index < -0.39 is 0 Å². The Morgan fingerprint density at radius 1 is 1.58 bits per heavy atom. The molecule has 0 aliphatic carbocycles. The van der Waals surface area contributed by atoms with Crippen molar-refractivity contribution in [3.05, 3.63) is 30.5 Å². The first kappa shape index (κ1) is 9.16. The fraction of sp³-hybridized carbons (Fsp3) is 0.444. The molecule has 0 bridgehead atoms. The second-order valence-electron chi connectivity index (χ2n) is 2.78. The Labute approximate surface area is 72.9 Å². The van der Waals surface area contributed by atoms with Crippen molar-refractivity contribution in [1.29, 1.82) is 0 Å². The lowest BCUT2D eigenvalue weighted by Gasteiger charge is -2.21. The van der Waals surface area contributed by atoms with Crippen molar-refractivity contribution in [2.45, 2.75) is 19.4 Å². The van der Waals surface area contributed by atoms with E-state index in [9.17, 15) is 5.21 Å². The molecular formula is C9H14NO2+. The number of hydrogen-bond donors (Lipinski definition) is 1.